The standard InChI is InChI=1S/C15H21F2NO2/c1-3-4-5-6-7-10(2)20-15(19)11-8-12(16)13(17)9-14(11)18/h8-10H,3-7,18H2,1-2H3. The van der Waals surface area contributed by atoms with E-state index in [1.165, 1.54) is 0 Å². The van der Waals surface area contributed by atoms with E-state index in [9.17, 15) is 13.6 Å². The number of halogens is 2. The molecule has 3 nitrogen and oxygen atoms in total. The van der Waals surface area contributed by atoms with Crippen LogP contribution in [-0.2, 0) is 4.74 Å². The van der Waals surface area contributed by atoms with Crippen molar-refractivity contribution in [2.75, 3.05) is 5.73 Å². The highest BCUT2D eigenvalue weighted by Crippen LogP contribution is 2.19. The molecule has 1 atom stereocenters. The third-order valence-corrected chi connectivity index (χ3v) is 3.08. The van der Waals surface area contributed by atoms with Gasteiger partial charge in [0.25, 0.3) is 0 Å². The SMILES string of the molecule is CCCCCCC(C)OC(=O)c1cc(F)c(F)cc1N. The van der Waals surface area contributed by atoms with Crippen molar-refractivity contribution in [3.05, 3.63) is 29.3 Å². The molecule has 0 aromatic heterocycles. The van der Waals surface area contributed by atoms with Gasteiger partial charge in [-0.05, 0) is 25.8 Å². The molecule has 0 saturated carbocycles. The summed E-state index contributed by atoms with van der Waals surface area (Å²) in [6.07, 6.45) is 4.82. The van der Waals surface area contributed by atoms with Crippen LogP contribution in [0.4, 0.5) is 14.5 Å². The summed E-state index contributed by atoms with van der Waals surface area (Å²) in [5.74, 6) is -2.90. The van der Waals surface area contributed by atoms with E-state index in [1.807, 2.05) is 0 Å². The number of ether oxygens (including phenoxy) is 1. The minimum atomic E-state index is -1.11. The largest absolute Gasteiger partial charge is 0.459 e. The predicted octanol–water partition coefficient (Wildman–Crippen LogP) is 4.06. The fourth-order valence-corrected chi connectivity index (χ4v) is 1.90. The van der Waals surface area contributed by atoms with Crippen LogP contribution in [0.25, 0.3) is 0 Å². The van der Waals surface area contributed by atoms with E-state index in [-0.39, 0.29) is 17.4 Å². The second-order valence-corrected chi connectivity index (χ2v) is 4.92. The molecule has 0 bridgehead atoms. The normalized spacial score (nSPS) is 12.2. The Labute approximate surface area is 118 Å². The number of unbranched alkanes of at least 4 members (excludes halogenated alkanes) is 3. The van der Waals surface area contributed by atoms with E-state index in [1.54, 1.807) is 6.92 Å². The van der Waals surface area contributed by atoms with Gasteiger partial charge in [0.15, 0.2) is 11.6 Å². The number of nitrogens with two attached hydrogens (primary N) is 1. The molecule has 0 spiro atoms. The van der Waals surface area contributed by atoms with E-state index in [2.05, 4.69) is 6.92 Å². The molecule has 1 unspecified atom stereocenters. The van der Waals surface area contributed by atoms with Gasteiger partial charge < -0.3 is 10.5 Å². The number of anilines is 1. The fourth-order valence-electron chi connectivity index (χ4n) is 1.90. The number of esters is 1. The van der Waals surface area contributed by atoms with Crippen LogP contribution in [0.1, 0.15) is 56.3 Å². The molecule has 112 valence electrons. The predicted molar refractivity (Wildman–Crippen MR) is 74.4 cm³/mol. The summed E-state index contributed by atoms with van der Waals surface area (Å²) in [5, 5.41) is 0. The number of hydrogen-bond donors (Lipinski definition) is 1. The Morgan fingerprint density at radius 3 is 2.55 bits per heavy atom. The summed E-state index contributed by atoms with van der Waals surface area (Å²) >= 11 is 0. The third-order valence-electron chi connectivity index (χ3n) is 3.08. The topological polar surface area (TPSA) is 52.3 Å². The van der Waals surface area contributed by atoms with Crippen LogP contribution in [-0.4, -0.2) is 12.1 Å². The van der Waals surface area contributed by atoms with E-state index in [4.69, 9.17) is 10.5 Å². The number of benzene rings is 1. The number of rotatable bonds is 7. The van der Waals surface area contributed by atoms with Gasteiger partial charge in [0, 0.05) is 11.8 Å². The summed E-state index contributed by atoms with van der Waals surface area (Å²) in [4.78, 5) is 11.8. The number of hydrogen-bond acceptors (Lipinski definition) is 3. The Kier molecular flexibility index (Phi) is 6.42. The Morgan fingerprint density at radius 2 is 1.90 bits per heavy atom. The first kappa shape index (κ1) is 16.4. The lowest BCUT2D eigenvalue weighted by Crippen LogP contribution is -2.16. The first-order valence-corrected chi connectivity index (χ1v) is 6.91. The van der Waals surface area contributed by atoms with Crippen molar-refractivity contribution in [1.29, 1.82) is 0 Å². The maximum atomic E-state index is 13.1. The minimum Gasteiger partial charge on any atom is -0.459 e. The van der Waals surface area contributed by atoms with E-state index < -0.39 is 17.6 Å². The smallest absolute Gasteiger partial charge is 0.340 e. The zero-order valence-corrected chi connectivity index (χ0v) is 11.9. The molecule has 1 aromatic rings. The molecule has 0 amide bonds. The zero-order chi connectivity index (χ0) is 15.1. The molecular formula is C15H21F2NO2. The van der Waals surface area contributed by atoms with Gasteiger partial charge in [-0.2, -0.15) is 0 Å². The quantitative estimate of drug-likeness (QED) is 0.467. The van der Waals surface area contributed by atoms with Crippen molar-refractivity contribution in [1.82, 2.24) is 0 Å². The average Bonchev–Trinajstić information content (AvgIpc) is 2.38. The summed E-state index contributed by atoms with van der Waals surface area (Å²) in [6, 6.07) is 1.56. The number of carbonyl (C=O) groups excluding carboxylic acids is 1. The molecule has 0 aliphatic rings. The monoisotopic (exact) mass is 285 g/mol. The van der Waals surface area contributed by atoms with Crippen molar-refractivity contribution in [3.8, 4) is 0 Å². The molecule has 0 saturated heterocycles. The van der Waals surface area contributed by atoms with Crippen LogP contribution in [0.3, 0.4) is 0 Å². The average molecular weight is 285 g/mol. The summed E-state index contributed by atoms with van der Waals surface area (Å²) in [5.41, 5.74) is 5.25. The van der Waals surface area contributed by atoms with Gasteiger partial charge in [-0.15, -0.1) is 0 Å². The van der Waals surface area contributed by atoms with Gasteiger partial charge in [-0.25, -0.2) is 13.6 Å². The molecule has 20 heavy (non-hydrogen) atoms. The lowest BCUT2D eigenvalue weighted by Gasteiger charge is -2.14. The van der Waals surface area contributed by atoms with Gasteiger partial charge in [0.1, 0.15) is 0 Å². The highest BCUT2D eigenvalue weighted by Gasteiger charge is 2.17. The molecule has 1 aromatic carbocycles. The first-order chi connectivity index (χ1) is 9.45. The molecule has 2 N–H and O–H groups in total. The van der Waals surface area contributed by atoms with Crippen LogP contribution < -0.4 is 5.73 Å². The number of nitrogen functional groups attached to an aromatic ring is 1. The van der Waals surface area contributed by atoms with Crippen LogP contribution in [0.15, 0.2) is 12.1 Å². The molecule has 0 heterocycles. The second kappa shape index (κ2) is 7.82. The lowest BCUT2D eigenvalue weighted by atomic mass is 10.1. The first-order valence-electron chi connectivity index (χ1n) is 6.91. The fraction of sp³-hybridized carbons (Fsp3) is 0.533. The van der Waals surface area contributed by atoms with Gasteiger partial charge >= 0.3 is 5.97 Å². The lowest BCUT2D eigenvalue weighted by molar-refractivity contribution is 0.0320. The van der Waals surface area contributed by atoms with Gasteiger partial charge in [0.05, 0.1) is 11.7 Å². The van der Waals surface area contributed by atoms with E-state index in [0.717, 1.165) is 44.2 Å². The maximum absolute atomic E-state index is 13.1. The molecule has 5 heteroatoms. The highest BCUT2D eigenvalue weighted by atomic mass is 19.2. The van der Waals surface area contributed by atoms with Crippen molar-refractivity contribution >= 4 is 11.7 Å². The van der Waals surface area contributed by atoms with Crippen molar-refractivity contribution in [2.45, 2.75) is 52.1 Å². The van der Waals surface area contributed by atoms with Gasteiger partial charge in [0.2, 0.25) is 0 Å². The second-order valence-electron chi connectivity index (χ2n) is 4.92. The Morgan fingerprint density at radius 1 is 1.25 bits per heavy atom. The van der Waals surface area contributed by atoms with Crippen LogP contribution >= 0.6 is 0 Å². The van der Waals surface area contributed by atoms with Gasteiger partial charge in [-0.3, -0.25) is 0 Å². The molecule has 0 aliphatic heterocycles. The highest BCUT2D eigenvalue weighted by molar-refractivity contribution is 5.95. The zero-order valence-electron chi connectivity index (χ0n) is 11.9. The number of carbonyl (C=O) groups is 1. The Balaban J connectivity index is 2.56. The maximum Gasteiger partial charge on any atom is 0.340 e. The Hall–Kier alpha value is -1.65. The molecule has 0 aliphatic carbocycles. The third kappa shape index (κ3) is 4.79. The van der Waals surface area contributed by atoms with Crippen LogP contribution in [0, 0.1) is 11.6 Å². The van der Waals surface area contributed by atoms with Crippen molar-refractivity contribution < 1.29 is 18.3 Å². The van der Waals surface area contributed by atoms with Crippen molar-refractivity contribution in [2.24, 2.45) is 0 Å². The summed E-state index contributed by atoms with van der Waals surface area (Å²) in [6.45, 7) is 3.90. The van der Waals surface area contributed by atoms with Crippen LogP contribution in [0.2, 0.25) is 0 Å². The Bertz CT molecular complexity index is 463. The minimum absolute atomic E-state index is 0.118. The molecule has 0 fully saturated rings. The van der Waals surface area contributed by atoms with Gasteiger partial charge in [-0.1, -0.05) is 26.2 Å². The summed E-state index contributed by atoms with van der Waals surface area (Å²) in [7, 11) is 0. The van der Waals surface area contributed by atoms with Crippen molar-refractivity contribution in [3.63, 3.8) is 0 Å². The molecular weight excluding hydrogens is 264 g/mol. The molecule has 1 rings (SSSR count). The summed E-state index contributed by atoms with van der Waals surface area (Å²) < 4.78 is 31.2. The van der Waals surface area contributed by atoms with E-state index >= 15 is 0 Å². The van der Waals surface area contributed by atoms with Crippen LogP contribution in [0.5, 0.6) is 0 Å². The molecule has 0 radical (unpaired) electrons. The van der Waals surface area contributed by atoms with E-state index in [0.29, 0.717) is 0 Å².